The molecule has 0 fully saturated rings. The molecule has 0 aliphatic carbocycles. The Morgan fingerprint density at radius 3 is 2.79 bits per heavy atom. The van der Waals surface area contributed by atoms with Crippen molar-refractivity contribution >= 4 is 16.7 Å². The van der Waals surface area contributed by atoms with E-state index in [2.05, 4.69) is 25.7 Å². The number of anilines is 1. The van der Waals surface area contributed by atoms with Gasteiger partial charge in [-0.05, 0) is 24.3 Å². The minimum atomic E-state index is -0.454. The fourth-order valence-corrected chi connectivity index (χ4v) is 3.84. The van der Waals surface area contributed by atoms with Crippen LogP contribution in [0.3, 0.4) is 0 Å². The summed E-state index contributed by atoms with van der Waals surface area (Å²) in [6, 6.07) is 11.6. The molecule has 0 radical (unpaired) electrons. The number of hydrogen-bond acceptors (Lipinski definition) is 7. The number of aromatic hydroxyl groups is 2. The van der Waals surface area contributed by atoms with Gasteiger partial charge in [-0.25, -0.2) is 0 Å². The molecule has 0 amide bonds. The third-order valence-corrected chi connectivity index (χ3v) is 5.04. The lowest BCUT2D eigenvalue weighted by atomic mass is 9.95. The van der Waals surface area contributed by atoms with Crippen LogP contribution in [-0.4, -0.2) is 25.4 Å². The molecule has 0 spiro atoms. The van der Waals surface area contributed by atoms with E-state index in [0.29, 0.717) is 16.9 Å². The van der Waals surface area contributed by atoms with E-state index < -0.39 is 6.04 Å². The summed E-state index contributed by atoms with van der Waals surface area (Å²) in [7, 11) is 0. The lowest BCUT2D eigenvalue weighted by Gasteiger charge is -2.20. The topological polar surface area (TPSA) is 123 Å². The van der Waals surface area contributed by atoms with Crippen LogP contribution in [-0.2, 0) is 6.54 Å². The molecule has 0 saturated heterocycles. The van der Waals surface area contributed by atoms with Crippen LogP contribution in [0.5, 0.6) is 11.5 Å². The van der Waals surface area contributed by atoms with E-state index in [0.717, 1.165) is 27.8 Å². The average molecular weight is 373 g/mol. The molecule has 138 valence electrons. The van der Waals surface area contributed by atoms with Gasteiger partial charge in [0, 0.05) is 39.5 Å². The third kappa shape index (κ3) is 2.31. The number of nitrogens with one attached hydrogen (secondary N) is 2. The van der Waals surface area contributed by atoms with Crippen molar-refractivity contribution < 1.29 is 10.2 Å². The maximum Gasteiger partial charge on any atom is 0.160 e. The number of benzene rings is 2. The van der Waals surface area contributed by atoms with E-state index in [9.17, 15) is 15.1 Å². The number of H-pyrrole nitrogens is 1. The first kappa shape index (κ1) is 16.2. The van der Waals surface area contributed by atoms with Crippen molar-refractivity contribution in [2.75, 3.05) is 5.32 Å². The summed E-state index contributed by atoms with van der Waals surface area (Å²) in [5.74, 6) is 0.111. The van der Waals surface area contributed by atoms with Crippen LogP contribution in [0.1, 0.15) is 22.9 Å². The van der Waals surface area contributed by atoms with Gasteiger partial charge in [-0.3, -0.25) is 0 Å². The number of phenolic OH excluding ortho intramolecular Hbond substituents is 2. The number of nitroso groups, excluding NO2 is 1. The average Bonchev–Trinajstić information content (AvgIpc) is 3.06. The van der Waals surface area contributed by atoms with Crippen molar-refractivity contribution in [2.24, 2.45) is 5.18 Å². The van der Waals surface area contributed by atoms with Crippen LogP contribution < -0.4 is 5.32 Å². The Balaban J connectivity index is 1.88. The molecular formula is C20H15N5O3. The standard InChI is InChI=1S/C20H15N5O3/c26-10-5-6-16(27)12(7-10)19-13-8-21-20-18(13)17(15(9-22-28)24-25-20)11-3-1-2-4-14(11)23-19/h1-8,19,23,26-27H,9H2,(H,21,25). The van der Waals surface area contributed by atoms with Crippen LogP contribution >= 0.6 is 0 Å². The Labute approximate surface area is 158 Å². The molecule has 4 N–H and O–H groups in total. The van der Waals surface area contributed by atoms with Gasteiger partial charge in [-0.2, -0.15) is 10.0 Å². The molecule has 0 bridgehead atoms. The number of para-hydroxylation sites is 1. The summed E-state index contributed by atoms with van der Waals surface area (Å²) in [5.41, 5.74) is 4.86. The van der Waals surface area contributed by atoms with E-state index in [-0.39, 0.29) is 18.0 Å². The first-order chi connectivity index (χ1) is 13.7. The van der Waals surface area contributed by atoms with Crippen LogP contribution in [0, 0.1) is 4.91 Å². The number of hydrogen-bond donors (Lipinski definition) is 4. The number of phenols is 2. The lowest BCUT2D eigenvalue weighted by molar-refractivity contribution is 0.453. The molecule has 1 aliphatic heterocycles. The predicted octanol–water partition coefficient (Wildman–Crippen LogP) is 3.82. The summed E-state index contributed by atoms with van der Waals surface area (Å²) in [5, 5.41) is 36.1. The van der Waals surface area contributed by atoms with Gasteiger partial charge in [-0.15, -0.1) is 5.10 Å². The SMILES string of the molecule is O=NCc1nnc2[nH]cc3c2c1-c1ccccc1NC3c1cc(O)ccc1O. The van der Waals surface area contributed by atoms with Gasteiger partial charge in [0.1, 0.15) is 18.0 Å². The highest BCUT2D eigenvalue weighted by atomic mass is 16.3. The lowest BCUT2D eigenvalue weighted by Crippen LogP contribution is -2.11. The zero-order valence-electron chi connectivity index (χ0n) is 14.5. The predicted molar refractivity (Wildman–Crippen MR) is 104 cm³/mol. The molecule has 28 heavy (non-hydrogen) atoms. The largest absolute Gasteiger partial charge is 0.508 e. The maximum atomic E-state index is 11.0. The number of aromatic amines is 1. The van der Waals surface area contributed by atoms with E-state index in [1.807, 2.05) is 24.3 Å². The van der Waals surface area contributed by atoms with E-state index in [1.165, 1.54) is 18.2 Å². The zero-order chi connectivity index (χ0) is 19.3. The normalized spacial score (nSPS) is 14.9. The minimum absolute atomic E-state index is 0.0535. The quantitative estimate of drug-likeness (QED) is 0.320. The second kappa shape index (κ2) is 6.05. The number of aromatic nitrogens is 3. The highest BCUT2D eigenvalue weighted by Crippen LogP contribution is 2.46. The molecule has 1 unspecified atom stereocenters. The summed E-state index contributed by atoms with van der Waals surface area (Å²) in [4.78, 5) is 14.1. The Bertz CT molecular complexity index is 1230. The Morgan fingerprint density at radius 1 is 1.07 bits per heavy atom. The number of nitrogens with zero attached hydrogens (tertiary/aromatic N) is 3. The van der Waals surface area contributed by atoms with Gasteiger partial charge >= 0.3 is 0 Å². The van der Waals surface area contributed by atoms with E-state index >= 15 is 0 Å². The highest BCUT2D eigenvalue weighted by Gasteiger charge is 2.30. The molecule has 1 aliphatic rings. The Morgan fingerprint density at radius 2 is 1.93 bits per heavy atom. The van der Waals surface area contributed by atoms with Gasteiger partial charge in [-0.1, -0.05) is 23.4 Å². The monoisotopic (exact) mass is 373 g/mol. The smallest absolute Gasteiger partial charge is 0.160 e. The second-order valence-corrected chi connectivity index (χ2v) is 6.64. The van der Waals surface area contributed by atoms with Crippen LogP contribution in [0.15, 0.2) is 53.8 Å². The summed E-state index contributed by atoms with van der Waals surface area (Å²) in [6.45, 7) is -0.0979. The summed E-state index contributed by atoms with van der Waals surface area (Å²) in [6.07, 6.45) is 1.80. The van der Waals surface area contributed by atoms with Crippen molar-refractivity contribution in [1.82, 2.24) is 15.2 Å². The number of fused-ring (bicyclic) bond motifs is 2. The molecule has 4 aromatic rings. The first-order valence-electron chi connectivity index (χ1n) is 8.71. The molecule has 5 rings (SSSR count). The van der Waals surface area contributed by atoms with Crippen molar-refractivity contribution in [1.29, 1.82) is 0 Å². The Kier molecular flexibility index (Phi) is 3.51. The van der Waals surface area contributed by atoms with Gasteiger partial charge in [0.05, 0.1) is 11.7 Å². The van der Waals surface area contributed by atoms with Gasteiger partial charge in [0.15, 0.2) is 5.65 Å². The van der Waals surface area contributed by atoms with Gasteiger partial charge in [0.2, 0.25) is 0 Å². The van der Waals surface area contributed by atoms with Crippen molar-refractivity contribution in [3.8, 4) is 22.6 Å². The zero-order valence-corrected chi connectivity index (χ0v) is 14.5. The minimum Gasteiger partial charge on any atom is -0.508 e. The van der Waals surface area contributed by atoms with Crippen molar-refractivity contribution in [3.05, 3.63) is 70.4 Å². The summed E-state index contributed by atoms with van der Waals surface area (Å²) < 4.78 is 0. The molecule has 8 heteroatoms. The van der Waals surface area contributed by atoms with Crippen molar-refractivity contribution in [3.63, 3.8) is 0 Å². The Hall–Kier alpha value is -3.94. The molecule has 3 heterocycles. The molecule has 2 aromatic heterocycles. The van der Waals surface area contributed by atoms with Crippen molar-refractivity contribution in [2.45, 2.75) is 12.6 Å². The molecule has 1 atom stereocenters. The highest BCUT2D eigenvalue weighted by molar-refractivity contribution is 6.02. The van der Waals surface area contributed by atoms with E-state index in [4.69, 9.17) is 0 Å². The van der Waals surface area contributed by atoms with Crippen LogP contribution in [0.2, 0.25) is 0 Å². The van der Waals surface area contributed by atoms with E-state index in [1.54, 1.807) is 6.20 Å². The van der Waals surface area contributed by atoms with Crippen LogP contribution in [0.4, 0.5) is 5.69 Å². The maximum absolute atomic E-state index is 11.0. The number of rotatable bonds is 3. The molecule has 0 saturated carbocycles. The summed E-state index contributed by atoms with van der Waals surface area (Å²) >= 11 is 0. The van der Waals surface area contributed by atoms with Gasteiger partial charge in [0.25, 0.3) is 0 Å². The second-order valence-electron chi connectivity index (χ2n) is 6.64. The molecular weight excluding hydrogens is 358 g/mol. The fourth-order valence-electron chi connectivity index (χ4n) is 3.84. The first-order valence-corrected chi connectivity index (χ1v) is 8.71. The molecule has 8 nitrogen and oxygen atoms in total. The third-order valence-electron chi connectivity index (χ3n) is 5.04. The fraction of sp³-hybridized carbons (Fsp3) is 0.100. The van der Waals surface area contributed by atoms with Gasteiger partial charge < -0.3 is 20.5 Å². The molecule has 2 aromatic carbocycles. The van der Waals surface area contributed by atoms with Crippen LogP contribution in [0.25, 0.3) is 22.2 Å².